The summed E-state index contributed by atoms with van der Waals surface area (Å²) in [5, 5.41) is 2.89. The molecule has 6 nitrogen and oxygen atoms in total. The van der Waals surface area contributed by atoms with Crippen LogP contribution in [0.2, 0.25) is 0 Å². The summed E-state index contributed by atoms with van der Waals surface area (Å²) >= 11 is 0. The molecule has 0 fully saturated rings. The lowest BCUT2D eigenvalue weighted by molar-refractivity contribution is -0.274. The van der Waals surface area contributed by atoms with Crippen molar-refractivity contribution in [1.29, 1.82) is 0 Å². The number of aryl methyl sites for hydroxylation is 1. The highest BCUT2D eigenvalue weighted by molar-refractivity contribution is 7.89. The lowest BCUT2D eigenvalue weighted by Gasteiger charge is -2.14. The normalized spacial score (nSPS) is 16.3. The van der Waals surface area contributed by atoms with Crippen LogP contribution in [0.15, 0.2) is 53.4 Å². The first-order valence-electron chi connectivity index (χ1n) is 8.87. The van der Waals surface area contributed by atoms with Crippen LogP contribution in [0.3, 0.4) is 0 Å². The van der Waals surface area contributed by atoms with Crippen LogP contribution in [-0.2, 0) is 21.2 Å². The van der Waals surface area contributed by atoms with Gasteiger partial charge in [-0.25, -0.2) is 13.1 Å². The van der Waals surface area contributed by atoms with Crippen LogP contribution in [0.4, 0.5) is 13.2 Å². The van der Waals surface area contributed by atoms with Crippen LogP contribution in [-0.4, -0.2) is 27.2 Å². The fourth-order valence-electron chi connectivity index (χ4n) is 3.18. The Morgan fingerprint density at radius 2 is 1.79 bits per heavy atom. The molecule has 0 bridgehead atoms. The topological polar surface area (TPSA) is 84.5 Å². The van der Waals surface area contributed by atoms with Gasteiger partial charge in [-0.05, 0) is 48.2 Å². The minimum absolute atomic E-state index is 0.0623. The molecule has 0 heterocycles. The van der Waals surface area contributed by atoms with E-state index in [1.165, 1.54) is 5.56 Å². The van der Waals surface area contributed by atoms with Crippen molar-refractivity contribution < 1.29 is 31.1 Å². The Morgan fingerprint density at radius 1 is 1.10 bits per heavy atom. The minimum atomic E-state index is -4.86. The van der Waals surface area contributed by atoms with Gasteiger partial charge in [-0.15, -0.1) is 13.2 Å². The zero-order valence-corrected chi connectivity index (χ0v) is 16.0. The number of ether oxygens (including phenoxy) is 1. The van der Waals surface area contributed by atoms with E-state index in [2.05, 4.69) is 14.8 Å². The van der Waals surface area contributed by atoms with Gasteiger partial charge in [-0.1, -0.05) is 24.3 Å². The quantitative estimate of drug-likeness (QED) is 0.710. The minimum Gasteiger partial charge on any atom is -0.406 e. The number of carbonyl (C=O) groups excluding carboxylic acids is 1. The van der Waals surface area contributed by atoms with E-state index in [9.17, 15) is 26.4 Å². The second-order valence-corrected chi connectivity index (χ2v) is 8.29. The van der Waals surface area contributed by atoms with Crippen molar-refractivity contribution in [2.24, 2.45) is 0 Å². The molecule has 0 spiro atoms. The van der Waals surface area contributed by atoms with E-state index in [1.807, 2.05) is 24.3 Å². The van der Waals surface area contributed by atoms with Crippen molar-refractivity contribution in [2.45, 2.75) is 36.6 Å². The third-order valence-corrected chi connectivity index (χ3v) is 5.96. The highest BCUT2D eigenvalue weighted by atomic mass is 32.2. The van der Waals surface area contributed by atoms with Gasteiger partial charge in [0.1, 0.15) is 5.75 Å². The predicted octanol–water partition coefficient (Wildman–Crippen LogP) is 3.06. The van der Waals surface area contributed by atoms with Gasteiger partial charge in [0.25, 0.3) is 0 Å². The van der Waals surface area contributed by atoms with E-state index in [1.54, 1.807) is 0 Å². The van der Waals surface area contributed by atoms with E-state index in [4.69, 9.17) is 0 Å². The van der Waals surface area contributed by atoms with Crippen molar-refractivity contribution in [1.82, 2.24) is 10.0 Å². The maximum absolute atomic E-state index is 12.2. The fourth-order valence-corrected chi connectivity index (χ4v) is 4.21. The molecule has 156 valence electrons. The van der Waals surface area contributed by atoms with Crippen molar-refractivity contribution in [3.05, 3.63) is 59.7 Å². The third kappa shape index (κ3) is 5.70. The van der Waals surface area contributed by atoms with Crippen LogP contribution in [0, 0.1) is 0 Å². The van der Waals surface area contributed by atoms with Crippen molar-refractivity contribution in [3.63, 3.8) is 0 Å². The molecule has 0 radical (unpaired) electrons. The number of sulfonamides is 1. The van der Waals surface area contributed by atoms with Crippen molar-refractivity contribution in [3.8, 4) is 5.75 Å². The van der Waals surface area contributed by atoms with Crippen LogP contribution in [0.1, 0.15) is 30.0 Å². The molecular weight excluding hydrogens is 409 g/mol. The summed E-state index contributed by atoms with van der Waals surface area (Å²) in [6.07, 6.45) is -3.25. The average molecular weight is 428 g/mol. The summed E-state index contributed by atoms with van der Waals surface area (Å²) in [6.45, 7) is -0.136. The van der Waals surface area contributed by atoms with Gasteiger partial charge in [-0.2, -0.15) is 0 Å². The first-order chi connectivity index (χ1) is 13.6. The Morgan fingerprint density at radius 3 is 2.48 bits per heavy atom. The number of benzene rings is 2. The van der Waals surface area contributed by atoms with E-state index >= 15 is 0 Å². The smallest absolute Gasteiger partial charge is 0.406 e. The predicted molar refractivity (Wildman–Crippen MR) is 98.6 cm³/mol. The molecular formula is C19H19F3N2O4S. The molecule has 0 aliphatic heterocycles. The molecule has 2 aromatic carbocycles. The second kappa shape index (κ2) is 8.42. The van der Waals surface area contributed by atoms with Gasteiger partial charge in [0.15, 0.2) is 0 Å². The van der Waals surface area contributed by atoms with E-state index < -0.39 is 22.1 Å². The summed E-state index contributed by atoms with van der Waals surface area (Å²) in [7, 11) is -3.96. The summed E-state index contributed by atoms with van der Waals surface area (Å²) < 4.78 is 66.9. The number of hydrogen-bond donors (Lipinski definition) is 2. The van der Waals surface area contributed by atoms with E-state index in [-0.39, 0.29) is 29.8 Å². The largest absolute Gasteiger partial charge is 0.573 e. The molecule has 0 saturated carbocycles. The number of rotatable bonds is 7. The standard InChI is InChI=1S/C19H19F3N2O4S/c20-19(21,22)28-14-6-8-15(9-7-14)29(26,27)23-12-11-18(25)24-17-10-5-13-3-1-2-4-16(13)17/h1-4,6-9,17,23H,5,10-12H2,(H,24,25). The Balaban J connectivity index is 1.50. The molecule has 1 aliphatic carbocycles. The highest BCUT2D eigenvalue weighted by Gasteiger charge is 2.31. The molecule has 10 heteroatoms. The molecule has 3 rings (SSSR count). The molecule has 0 aromatic heterocycles. The molecule has 29 heavy (non-hydrogen) atoms. The monoisotopic (exact) mass is 428 g/mol. The number of halogens is 3. The van der Waals surface area contributed by atoms with E-state index in [0.29, 0.717) is 0 Å². The summed E-state index contributed by atoms with van der Waals surface area (Å²) in [5.41, 5.74) is 2.26. The summed E-state index contributed by atoms with van der Waals surface area (Å²) in [4.78, 5) is 11.9. The lowest BCUT2D eigenvalue weighted by atomic mass is 10.1. The second-order valence-electron chi connectivity index (χ2n) is 6.52. The average Bonchev–Trinajstić information content (AvgIpc) is 3.04. The number of amides is 1. The maximum Gasteiger partial charge on any atom is 0.573 e. The Labute approximate surface area is 166 Å². The molecule has 1 amide bonds. The van der Waals surface area contributed by atoms with Gasteiger partial charge in [0.05, 0.1) is 10.9 Å². The Kier molecular flexibility index (Phi) is 6.13. The maximum atomic E-state index is 12.2. The van der Waals surface area contributed by atoms with Gasteiger partial charge in [-0.3, -0.25) is 4.79 Å². The van der Waals surface area contributed by atoms with Crippen molar-refractivity contribution in [2.75, 3.05) is 6.54 Å². The number of fused-ring (bicyclic) bond motifs is 1. The van der Waals surface area contributed by atoms with Gasteiger partial charge >= 0.3 is 6.36 Å². The number of carbonyl (C=O) groups is 1. The summed E-state index contributed by atoms with van der Waals surface area (Å²) in [5.74, 6) is -0.809. The molecule has 1 aliphatic rings. The first-order valence-corrected chi connectivity index (χ1v) is 10.3. The Hall–Kier alpha value is -2.59. The zero-order valence-electron chi connectivity index (χ0n) is 15.2. The van der Waals surface area contributed by atoms with Gasteiger partial charge in [0.2, 0.25) is 15.9 Å². The van der Waals surface area contributed by atoms with Crippen LogP contribution in [0.25, 0.3) is 0 Å². The van der Waals surface area contributed by atoms with Gasteiger partial charge in [0, 0.05) is 13.0 Å². The SMILES string of the molecule is O=C(CCNS(=O)(=O)c1ccc(OC(F)(F)F)cc1)NC1CCc2ccccc21. The molecule has 1 atom stereocenters. The van der Waals surface area contributed by atoms with Crippen LogP contribution >= 0.6 is 0 Å². The highest BCUT2D eigenvalue weighted by Crippen LogP contribution is 2.30. The van der Waals surface area contributed by atoms with Crippen LogP contribution in [0.5, 0.6) is 5.75 Å². The fraction of sp³-hybridized carbons (Fsp3) is 0.316. The zero-order chi connectivity index (χ0) is 21.1. The number of nitrogens with one attached hydrogen (secondary N) is 2. The lowest BCUT2D eigenvalue weighted by Crippen LogP contribution is -2.32. The molecule has 2 N–H and O–H groups in total. The van der Waals surface area contributed by atoms with Crippen LogP contribution < -0.4 is 14.8 Å². The third-order valence-electron chi connectivity index (χ3n) is 4.48. The Bertz CT molecular complexity index is 976. The molecule has 1 unspecified atom stereocenters. The number of hydrogen-bond acceptors (Lipinski definition) is 4. The molecule has 2 aromatic rings. The summed E-state index contributed by atoms with van der Waals surface area (Å²) in [6, 6.07) is 11.6. The number of alkyl halides is 3. The van der Waals surface area contributed by atoms with Gasteiger partial charge < -0.3 is 10.1 Å². The van der Waals surface area contributed by atoms with Crippen molar-refractivity contribution >= 4 is 15.9 Å². The first kappa shape index (κ1) is 21.1. The van der Waals surface area contributed by atoms with E-state index in [0.717, 1.165) is 42.7 Å². The molecule has 0 saturated heterocycles.